The van der Waals surface area contributed by atoms with Crippen LogP contribution in [0.2, 0.25) is 0 Å². The van der Waals surface area contributed by atoms with Gasteiger partial charge in [-0.05, 0) is 50.2 Å². The first-order valence-corrected chi connectivity index (χ1v) is 19.8. The molecule has 0 unspecified atom stereocenters. The number of aromatic nitrogens is 4. The molecule has 2 aromatic heterocycles. The van der Waals surface area contributed by atoms with Crippen LogP contribution >= 0.6 is 0 Å². The average Bonchev–Trinajstić information content (AvgIpc) is 3.25. The largest absolute Gasteiger partial charge is 0.495 e. The van der Waals surface area contributed by atoms with E-state index in [2.05, 4.69) is 42.4 Å². The molecule has 2 fully saturated rings. The summed E-state index contributed by atoms with van der Waals surface area (Å²) in [6, 6.07) is 16.1. The van der Waals surface area contributed by atoms with Gasteiger partial charge < -0.3 is 29.9 Å². The van der Waals surface area contributed by atoms with Crippen molar-refractivity contribution in [2.45, 2.75) is 19.3 Å². The van der Waals surface area contributed by atoms with Crippen molar-refractivity contribution in [2.24, 2.45) is 28.2 Å². The van der Waals surface area contributed by atoms with E-state index in [4.69, 9.17) is 9.47 Å². The van der Waals surface area contributed by atoms with E-state index in [1.807, 2.05) is 36.4 Å². The molecule has 2 N–H and O–H groups in total. The Hall–Kier alpha value is -5.48. The minimum atomic E-state index is -0.484. The van der Waals surface area contributed by atoms with Crippen molar-refractivity contribution in [1.29, 1.82) is 0 Å². The minimum Gasteiger partial charge on any atom is -0.495 e. The first-order valence-electron chi connectivity index (χ1n) is 19.8. The zero-order valence-electron chi connectivity index (χ0n) is 34.3. The molecule has 2 aliphatic rings. The van der Waals surface area contributed by atoms with Gasteiger partial charge in [0.15, 0.2) is 0 Å². The highest BCUT2D eigenvalue weighted by Crippen LogP contribution is 2.29. The van der Waals surface area contributed by atoms with Crippen molar-refractivity contribution in [2.75, 3.05) is 113 Å². The van der Waals surface area contributed by atoms with E-state index in [1.54, 1.807) is 28.3 Å². The van der Waals surface area contributed by atoms with Crippen molar-refractivity contribution >= 4 is 23.0 Å². The van der Waals surface area contributed by atoms with E-state index in [9.17, 15) is 19.2 Å². The van der Waals surface area contributed by atoms with Crippen LogP contribution in [0.25, 0.3) is 0 Å². The van der Waals surface area contributed by atoms with Crippen LogP contribution in [0.4, 0.5) is 23.0 Å². The third kappa shape index (κ3) is 9.07. The van der Waals surface area contributed by atoms with Crippen molar-refractivity contribution in [3.8, 4) is 11.5 Å². The number of nitrogens with one attached hydrogen (secondary N) is 2. The molecule has 2 saturated heterocycles. The predicted molar refractivity (Wildman–Crippen MR) is 226 cm³/mol. The fourth-order valence-electron chi connectivity index (χ4n) is 8.00. The molecule has 0 aliphatic carbocycles. The maximum absolute atomic E-state index is 13.8. The zero-order valence-corrected chi connectivity index (χ0v) is 34.3. The molecular formula is C41H58N10O6. The molecule has 2 aliphatic heterocycles. The summed E-state index contributed by atoms with van der Waals surface area (Å²) in [7, 11) is 9.52. The summed E-state index contributed by atoms with van der Waals surface area (Å²) in [5, 5.41) is 6.74. The first kappa shape index (κ1) is 41.2. The Morgan fingerprint density at radius 1 is 0.526 bits per heavy atom. The molecule has 16 heteroatoms. The fourth-order valence-corrected chi connectivity index (χ4v) is 8.00. The molecule has 4 heterocycles. The number of rotatable bonds is 16. The summed E-state index contributed by atoms with van der Waals surface area (Å²) in [5.74, 6) is 2.49. The van der Waals surface area contributed by atoms with E-state index < -0.39 is 22.5 Å². The average molecular weight is 787 g/mol. The molecule has 308 valence electrons. The van der Waals surface area contributed by atoms with Crippen molar-refractivity contribution in [3.63, 3.8) is 0 Å². The summed E-state index contributed by atoms with van der Waals surface area (Å²) >= 11 is 0. The standard InChI is InChI=1S/C41H58N10O6/c1-44-36(42-17-11-19-48-21-25-50(26-22-48)32-13-7-9-15-34(32)56-5)30(38(52)46(3)40(44)54)29-31-37(45(2)41(55)47(4)39(31)53)43-18-12-20-49-23-27-51(28-24-49)33-14-8-10-16-35(33)57-6/h7-10,13-16,42-43H,11-12,17-29H2,1-6H3. The zero-order chi connectivity index (χ0) is 40.6. The van der Waals surface area contributed by atoms with Gasteiger partial charge in [0, 0.05) is 100 Å². The highest BCUT2D eigenvalue weighted by molar-refractivity contribution is 5.59. The molecule has 0 spiro atoms. The molecule has 0 atom stereocenters. The Labute approximate surface area is 333 Å². The van der Waals surface area contributed by atoms with Crippen LogP contribution in [0.15, 0.2) is 67.7 Å². The highest BCUT2D eigenvalue weighted by Gasteiger charge is 2.24. The van der Waals surface area contributed by atoms with Crippen LogP contribution < -0.4 is 52.4 Å². The molecule has 57 heavy (non-hydrogen) atoms. The van der Waals surface area contributed by atoms with E-state index in [-0.39, 0.29) is 17.5 Å². The SMILES string of the molecule is COc1ccccc1N1CCN(CCCNc2c(Cc3c(NCCCN4CCN(c5ccccc5OC)CC4)n(C)c(=O)n(C)c3=O)c(=O)n(C)c(=O)n2C)CC1. The molecule has 0 radical (unpaired) electrons. The molecule has 6 rings (SSSR count). The molecule has 16 nitrogen and oxygen atoms in total. The van der Waals surface area contributed by atoms with Crippen LogP contribution in [0.1, 0.15) is 24.0 Å². The Balaban J connectivity index is 1.09. The molecule has 0 saturated carbocycles. The Morgan fingerprint density at radius 2 is 0.895 bits per heavy atom. The lowest BCUT2D eigenvalue weighted by molar-refractivity contribution is 0.256. The number of anilines is 4. The number of nitrogens with zero attached hydrogens (tertiary/aromatic N) is 8. The molecule has 0 bridgehead atoms. The van der Waals surface area contributed by atoms with E-state index in [0.29, 0.717) is 24.7 Å². The minimum absolute atomic E-state index is 0.0674. The Bertz CT molecular complexity index is 2090. The third-order valence-corrected chi connectivity index (χ3v) is 11.4. The van der Waals surface area contributed by atoms with Crippen molar-refractivity contribution in [1.82, 2.24) is 28.1 Å². The van der Waals surface area contributed by atoms with Gasteiger partial charge in [-0.1, -0.05) is 24.3 Å². The van der Waals surface area contributed by atoms with Gasteiger partial charge >= 0.3 is 11.4 Å². The second kappa shape index (κ2) is 18.6. The maximum atomic E-state index is 13.8. The second-order valence-corrected chi connectivity index (χ2v) is 14.8. The quantitative estimate of drug-likeness (QED) is 0.158. The summed E-state index contributed by atoms with van der Waals surface area (Å²) < 4.78 is 16.1. The lowest BCUT2D eigenvalue weighted by Crippen LogP contribution is -2.47. The van der Waals surface area contributed by atoms with Gasteiger partial charge in [0.05, 0.1) is 36.7 Å². The lowest BCUT2D eigenvalue weighted by Gasteiger charge is -2.36. The number of para-hydroxylation sites is 4. The topological polar surface area (TPSA) is 143 Å². The number of methoxy groups -OCH3 is 2. The van der Waals surface area contributed by atoms with Gasteiger partial charge in [-0.3, -0.25) is 37.7 Å². The summed E-state index contributed by atoms with van der Waals surface area (Å²) in [6.45, 7) is 9.86. The molecule has 4 aromatic rings. The van der Waals surface area contributed by atoms with E-state index in [0.717, 1.165) is 110 Å². The van der Waals surface area contributed by atoms with Gasteiger partial charge in [0.1, 0.15) is 23.1 Å². The van der Waals surface area contributed by atoms with E-state index in [1.165, 1.54) is 23.2 Å². The predicted octanol–water partition coefficient (Wildman–Crippen LogP) is 1.34. The molecule has 0 amide bonds. The second-order valence-electron chi connectivity index (χ2n) is 14.8. The van der Waals surface area contributed by atoms with E-state index >= 15 is 0 Å². The summed E-state index contributed by atoms with van der Waals surface area (Å²) in [5.41, 5.74) is 0.881. The maximum Gasteiger partial charge on any atom is 0.332 e. The molecule has 2 aromatic carbocycles. The number of hydrogen-bond acceptors (Lipinski definition) is 12. The Morgan fingerprint density at radius 3 is 1.26 bits per heavy atom. The number of piperazine rings is 2. The number of ether oxygens (including phenoxy) is 2. The lowest BCUT2D eigenvalue weighted by atomic mass is 10.1. The third-order valence-electron chi connectivity index (χ3n) is 11.4. The van der Waals surface area contributed by atoms with Crippen LogP contribution in [0.5, 0.6) is 11.5 Å². The number of hydrogen-bond donors (Lipinski definition) is 2. The smallest absolute Gasteiger partial charge is 0.332 e. The molecular weight excluding hydrogens is 729 g/mol. The van der Waals surface area contributed by atoms with Crippen LogP contribution in [0, 0.1) is 0 Å². The normalized spacial score (nSPS) is 15.2. The van der Waals surface area contributed by atoms with Gasteiger partial charge in [0.2, 0.25) is 0 Å². The van der Waals surface area contributed by atoms with Gasteiger partial charge in [0.25, 0.3) is 11.1 Å². The van der Waals surface area contributed by atoms with Crippen LogP contribution in [-0.4, -0.2) is 121 Å². The Kier molecular flexibility index (Phi) is 13.5. The van der Waals surface area contributed by atoms with Gasteiger partial charge in [-0.25, -0.2) is 9.59 Å². The first-order chi connectivity index (χ1) is 27.5. The van der Waals surface area contributed by atoms with Crippen LogP contribution in [0.3, 0.4) is 0 Å². The van der Waals surface area contributed by atoms with Gasteiger partial charge in [-0.15, -0.1) is 0 Å². The summed E-state index contributed by atoms with van der Waals surface area (Å²) in [6.07, 6.45) is 1.49. The van der Waals surface area contributed by atoms with Crippen molar-refractivity contribution < 1.29 is 9.47 Å². The number of benzene rings is 2. The fraction of sp³-hybridized carbons (Fsp3) is 0.512. The monoisotopic (exact) mass is 786 g/mol. The van der Waals surface area contributed by atoms with Crippen molar-refractivity contribution in [3.05, 3.63) is 101 Å². The summed E-state index contributed by atoms with van der Waals surface area (Å²) in [4.78, 5) is 63.3. The van der Waals surface area contributed by atoms with Gasteiger partial charge in [-0.2, -0.15) is 0 Å². The highest BCUT2D eigenvalue weighted by atomic mass is 16.5. The van der Waals surface area contributed by atoms with Crippen LogP contribution in [-0.2, 0) is 34.6 Å².